The molecule has 2 aliphatic heterocycles. The van der Waals surface area contributed by atoms with E-state index in [1.165, 1.54) is 44.5 Å². The summed E-state index contributed by atoms with van der Waals surface area (Å²) in [5, 5.41) is 3.47. The third kappa shape index (κ3) is 2.77. The number of hydrogen-bond donors (Lipinski definition) is 1. The number of rotatable bonds is 4. The van der Waals surface area contributed by atoms with Crippen LogP contribution in [0.2, 0.25) is 0 Å². The van der Waals surface area contributed by atoms with Crippen molar-refractivity contribution in [2.24, 2.45) is 0 Å². The average Bonchev–Trinajstić information content (AvgIpc) is 3.10. The SMILES string of the molecule is CC(Cn1cncc1C1(C)CCNCC1)N1CCCC1. The second-order valence-corrected chi connectivity index (χ2v) is 6.83. The van der Waals surface area contributed by atoms with Gasteiger partial charge >= 0.3 is 0 Å². The van der Waals surface area contributed by atoms with Crippen molar-refractivity contribution in [3.8, 4) is 0 Å². The highest BCUT2D eigenvalue weighted by molar-refractivity contribution is 5.15. The number of aromatic nitrogens is 2. The molecule has 4 nitrogen and oxygen atoms in total. The Hall–Kier alpha value is -0.870. The molecule has 1 unspecified atom stereocenters. The molecule has 2 saturated heterocycles. The maximum absolute atomic E-state index is 4.45. The molecule has 0 saturated carbocycles. The fourth-order valence-corrected chi connectivity index (χ4v) is 3.79. The van der Waals surface area contributed by atoms with Crippen LogP contribution in [0.1, 0.15) is 45.2 Å². The molecule has 1 N–H and O–H groups in total. The molecule has 0 amide bonds. The third-order valence-electron chi connectivity index (χ3n) is 5.26. The van der Waals surface area contributed by atoms with Gasteiger partial charge in [-0.2, -0.15) is 0 Å². The van der Waals surface area contributed by atoms with Crippen LogP contribution in [0.15, 0.2) is 12.5 Å². The zero-order chi connectivity index (χ0) is 14.0. The van der Waals surface area contributed by atoms with Gasteiger partial charge in [0.2, 0.25) is 0 Å². The summed E-state index contributed by atoms with van der Waals surface area (Å²) in [6.07, 6.45) is 9.31. The maximum atomic E-state index is 4.45. The minimum atomic E-state index is 0.298. The second kappa shape index (κ2) is 5.86. The standard InChI is InChI=1S/C16H28N4/c1-14(19-9-3-4-10-19)12-20-13-18-11-15(20)16(2)5-7-17-8-6-16/h11,13-14,17H,3-10,12H2,1-2H3. The van der Waals surface area contributed by atoms with Crippen LogP contribution >= 0.6 is 0 Å². The number of likely N-dealkylation sites (tertiary alicyclic amines) is 1. The summed E-state index contributed by atoms with van der Waals surface area (Å²) < 4.78 is 2.41. The van der Waals surface area contributed by atoms with Crippen LogP contribution in [0.5, 0.6) is 0 Å². The number of nitrogens with one attached hydrogen (secondary N) is 1. The molecule has 2 fully saturated rings. The first-order valence-corrected chi connectivity index (χ1v) is 8.14. The Morgan fingerprint density at radius 1 is 1.30 bits per heavy atom. The van der Waals surface area contributed by atoms with E-state index in [4.69, 9.17) is 0 Å². The van der Waals surface area contributed by atoms with Crippen molar-refractivity contribution in [1.29, 1.82) is 0 Å². The van der Waals surface area contributed by atoms with E-state index >= 15 is 0 Å². The molecule has 1 atom stereocenters. The summed E-state index contributed by atoms with van der Waals surface area (Å²) in [7, 11) is 0. The highest BCUT2D eigenvalue weighted by Crippen LogP contribution is 2.32. The van der Waals surface area contributed by atoms with Crippen molar-refractivity contribution in [3.05, 3.63) is 18.2 Å². The Labute approximate surface area is 122 Å². The first-order chi connectivity index (χ1) is 9.69. The number of nitrogens with zero attached hydrogens (tertiary/aromatic N) is 3. The Bertz CT molecular complexity index is 427. The first kappa shape index (κ1) is 14.1. The second-order valence-electron chi connectivity index (χ2n) is 6.83. The lowest BCUT2D eigenvalue weighted by Gasteiger charge is -2.35. The van der Waals surface area contributed by atoms with E-state index < -0.39 is 0 Å². The number of imidazole rings is 1. The van der Waals surface area contributed by atoms with E-state index in [1.807, 2.05) is 6.33 Å². The lowest BCUT2D eigenvalue weighted by Crippen LogP contribution is -2.40. The van der Waals surface area contributed by atoms with E-state index in [-0.39, 0.29) is 0 Å². The van der Waals surface area contributed by atoms with Crippen molar-refractivity contribution in [3.63, 3.8) is 0 Å². The number of hydrogen-bond acceptors (Lipinski definition) is 3. The van der Waals surface area contributed by atoms with Gasteiger partial charge in [-0.15, -0.1) is 0 Å². The molecule has 3 rings (SSSR count). The lowest BCUT2D eigenvalue weighted by atomic mass is 9.78. The van der Waals surface area contributed by atoms with Gasteiger partial charge in [0.15, 0.2) is 0 Å². The van der Waals surface area contributed by atoms with E-state index in [1.54, 1.807) is 0 Å². The van der Waals surface area contributed by atoms with Gasteiger partial charge in [0.05, 0.1) is 6.33 Å². The molecular formula is C16H28N4. The van der Waals surface area contributed by atoms with Crippen LogP contribution in [0.3, 0.4) is 0 Å². The van der Waals surface area contributed by atoms with Gasteiger partial charge in [-0.05, 0) is 58.8 Å². The van der Waals surface area contributed by atoms with Crippen LogP contribution in [0.4, 0.5) is 0 Å². The minimum Gasteiger partial charge on any atom is -0.333 e. The summed E-state index contributed by atoms with van der Waals surface area (Å²) in [5.74, 6) is 0. The van der Waals surface area contributed by atoms with Gasteiger partial charge in [0.1, 0.15) is 0 Å². The molecule has 20 heavy (non-hydrogen) atoms. The molecule has 0 aromatic carbocycles. The summed E-state index contributed by atoms with van der Waals surface area (Å²) in [6, 6.07) is 0.621. The van der Waals surface area contributed by atoms with Crippen LogP contribution in [0, 0.1) is 0 Å². The summed E-state index contributed by atoms with van der Waals surface area (Å²) in [6.45, 7) is 10.6. The van der Waals surface area contributed by atoms with Gasteiger partial charge in [-0.1, -0.05) is 6.92 Å². The zero-order valence-electron chi connectivity index (χ0n) is 12.9. The van der Waals surface area contributed by atoms with Crippen molar-refractivity contribution in [2.45, 2.75) is 57.5 Å². The minimum absolute atomic E-state index is 0.298. The average molecular weight is 276 g/mol. The van der Waals surface area contributed by atoms with Crippen molar-refractivity contribution >= 4 is 0 Å². The van der Waals surface area contributed by atoms with E-state index in [0.29, 0.717) is 11.5 Å². The van der Waals surface area contributed by atoms with Gasteiger partial charge in [-0.3, -0.25) is 4.90 Å². The monoisotopic (exact) mass is 276 g/mol. The summed E-state index contributed by atoms with van der Waals surface area (Å²) in [4.78, 5) is 7.07. The maximum Gasteiger partial charge on any atom is 0.0948 e. The van der Waals surface area contributed by atoms with Crippen LogP contribution in [-0.2, 0) is 12.0 Å². The molecule has 0 bridgehead atoms. The molecule has 3 heterocycles. The van der Waals surface area contributed by atoms with E-state index in [0.717, 1.165) is 19.6 Å². The topological polar surface area (TPSA) is 33.1 Å². The summed E-state index contributed by atoms with van der Waals surface area (Å²) in [5.41, 5.74) is 1.73. The van der Waals surface area contributed by atoms with Crippen molar-refractivity contribution < 1.29 is 0 Å². The van der Waals surface area contributed by atoms with Crippen LogP contribution in [0.25, 0.3) is 0 Å². The van der Waals surface area contributed by atoms with Gasteiger partial charge in [-0.25, -0.2) is 4.98 Å². The van der Waals surface area contributed by atoms with Crippen molar-refractivity contribution in [2.75, 3.05) is 26.2 Å². The highest BCUT2D eigenvalue weighted by atomic mass is 15.2. The molecule has 2 aliphatic rings. The predicted molar refractivity (Wildman–Crippen MR) is 82.0 cm³/mol. The van der Waals surface area contributed by atoms with Gasteiger partial charge in [0.25, 0.3) is 0 Å². The molecule has 112 valence electrons. The van der Waals surface area contributed by atoms with Crippen molar-refractivity contribution in [1.82, 2.24) is 19.8 Å². The smallest absolute Gasteiger partial charge is 0.0948 e. The van der Waals surface area contributed by atoms with Crippen LogP contribution < -0.4 is 5.32 Å². The Balaban J connectivity index is 1.72. The zero-order valence-corrected chi connectivity index (χ0v) is 12.9. The fraction of sp³-hybridized carbons (Fsp3) is 0.812. The molecule has 0 radical (unpaired) electrons. The van der Waals surface area contributed by atoms with Gasteiger partial charge < -0.3 is 9.88 Å². The van der Waals surface area contributed by atoms with E-state index in [9.17, 15) is 0 Å². The summed E-state index contributed by atoms with van der Waals surface area (Å²) >= 11 is 0. The molecular weight excluding hydrogens is 248 g/mol. The normalized spacial score (nSPS) is 24.9. The Morgan fingerprint density at radius 3 is 2.70 bits per heavy atom. The quantitative estimate of drug-likeness (QED) is 0.913. The predicted octanol–water partition coefficient (Wildman–Crippen LogP) is 2.01. The van der Waals surface area contributed by atoms with Gasteiger partial charge in [0, 0.05) is 29.9 Å². The fourth-order valence-electron chi connectivity index (χ4n) is 3.79. The molecule has 0 aliphatic carbocycles. The van der Waals surface area contributed by atoms with E-state index in [2.05, 4.69) is 39.8 Å². The molecule has 1 aromatic rings. The molecule has 1 aromatic heterocycles. The molecule has 0 spiro atoms. The lowest BCUT2D eigenvalue weighted by molar-refractivity contribution is 0.227. The first-order valence-electron chi connectivity index (χ1n) is 8.14. The Morgan fingerprint density at radius 2 is 2.00 bits per heavy atom. The largest absolute Gasteiger partial charge is 0.333 e. The Kier molecular flexibility index (Phi) is 4.13. The van der Waals surface area contributed by atoms with Crippen LogP contribution in [-0.4, -0.2) is 46.7 Å². The third-order valence-corrected chi connectivity index (χ3v) is 5.26. The molecule has 4 heteroatoms. The highest BCUT2D eigenvalue weighted by Gasteiger charge is 2.32. The number of piperidine rings is 1.